The fourth-order valence-corrected chi connectivity index (χ4v) is 3.70. The van der Waals surface area contributed by atoms with E-state index in [1.54, 1.807) is 6.26 Å². The molecule has 2 heteroatoms. The summed E-state index contributed by atoms with van der Waals surface area (Å²) in [5.41, 5.74) is 3.89. The summed E-state index contributed by atoms with van der Waals surface area (Å²) in [6.07, 6.45) is 21.7. The quantitative estimate of drug-likeness (QED) is 0.297. The van der Waals surface area contributed by atoms with Crippen molar-refractivity contribution in [2.45, 2.75) is 72.6 Å². The third kappa shape index (κ3) is 8.70. The van der Waals surface area contributed by atoms with Crippen LogP contribution < -0.4 is 4.74 Å². The molecule has 0 spiro atoms. The monoisotopic (exact) mass is 412 g/mol. The van der Waals surface area contributed by atoms with Gasteiger partial charge in [0.15, 0.2) is 0 Å². The van der Waals surface area contributed by atoms with E-state index in [1.165, 1.54) is 55.2 Å². The lowest BCUT2D eigenvalue weighted by Gasteiger charge is -2.23. The highest BCUT2D eigenvalue weighted by atomic mass is 32.1. The van der Waals surface area contributed by atoms with E-state index in [-0.39, 0.29) is 0 Å². The Bertz CT molecular complexity index is 697. The third-order valence-electron chi connectivity index (χ3n) is 5.40. The molecule has 1 fully saturated rings. The van der Waals surface area contributed by atoms with Crippen LogP contribution in [0.15, 0.2) is 71.6 Å². The van der Waals surface area contributed by atoms with Gasteiger partial charge in [0, 0.05) is 0 Å². The molecule has 29 heavy (non-hydrogen) atoms. The van der Waals surface area contributed by atoms with Gasteiger partial charge in [-0.15, -0.1) is 0 Å². The summed E-state index contributed by atoms with van der Waals surface area (Å²) in [6, 6.07) is 8.32. The normalized spacial score (nSPS) is 17.4. The number of thiol groups is 1. The summed E-state index contributed by atoms with van der Waals surface area (Å²) in [6.45, 7) is 8.30. The van der Waals surface area contributed by atoms with Crippen LogP contribution in [-0.4, -0.2) is 6.26 Å². The standard InChI is InChI=1S/C22H28O.C4H8.CH4S/c1-17-11-8-10-16-21(17)23-22-18(2)12-7-9-15-20(22)19-13-5-3-4-6-14-19;1-3-4-2;1-2/h7-8,10-12,15-16,19H,3-6,9,13-14H2,1-2H3;3-4H,1-2H3;2H,1H3/b;4-3-;. The van der Waals surface area contributed by atoms with Crippen molar-refractivity contribution < 1.29 is 4.74 Å². The van der Waals surface area contributed by atoms with Crippen molar-refractivity contribution in [3.63, 3.8) is 0 Å². The van der Waals surface area contributed by atoms with Gasteiger partial charge >= 0.3 is 0 Å². The molecule has 0 unspecified atom stereocenters. The number of aryl methyl sites for hydroxylation is 1. The van der Waals surface area contributed by atoms with E-state index in [0.29, 0.717) is 5.92 Å². The highest BCUT2D eigenvalue weighted by Gasteiger charge is 2.23. The molecule has 0 aliphatic heterocycles. The van der Waals surface area contributed by atoms with Crippen LogP contribution in [-0.2, 0) is 0 Å². The van der Waals surface area contributed by atoms with Crippen molar-refractivity contribution in [2.24, 2.45) is 5.92 Å². The van der Waals surface area contributed by atoms with Crippen LogP contribution in [0.1, 0.15) is 71.3 Å². The van der Waals surface area contributed by atoms with Crippen LogP contribution in [0.25, 0.3) is 0 Å². The number of para-hydroxylation sites is 1. The number of hydrogen-bond donors (Lipinski definition) is 1. The van der Waals surface area contributed by atoms with Gasteiger partial charge in [-0.25, -0.2) is 0 Å². The van der Waals surface area contributed by atoms with Crippen LogP contribution in [0.5, 0.6) is 5.75 Å². The summed E-state index contributed by atoms with van der Waals surface area (Å²) in [7, 11) is 0. The minimum atomic E-state index is 0.659. The topological polar surface area (TPSA) is 9.23 Å². The van der Waals surface area contributed by atoms with Gasteiger partial charge in [0.05, 0.1) is 0 Å². The molecular formula is C27H40OS. The molecule has 0 amide bonds. The summed E-state index contributed by atoms with van der Waals surface area (Å²) >= 11 is 3.53. The number of allylic oxidation sites excluding steroid dienone is 7. The SMILES string of the molecule is C/C=C\C.CC1=C(Oc2ccccc2C)C(C2CCCCCC2)=CCC=C1.CS. The maximum absolute atomic E-state index is 6.45. The first kappa shape index (κ1) is 25.4. The van der Waals surface area contributed by atoms with Gasteiger partial charge in [-0.2, -0.15) is 12.6 Å². The zero-order chi connectivity index (χ0) is 21.5. The molecule has 1 aromatic carbocycles. The second kappa shape index (κ2) is 15.2. The maximum Gasteiger partial charge on any atom is 0.133 e. The highest BCUT2D eigenvalue weighted by molar-refractivity contribution is 7.79. The number of rotatable bonds is 3. The molecular weight excluding hydrogens is 372 g/mol. The molecule has 1 saturated carbocycles. The van der Waals surface area contributed by atoms with E-state index in [4.69, 9.17) is 4.74 Å². The second-order valence-corrected chi connectivity index (χ2v) is 7.53. The maximum atomic E-state index is 6.45. The van der Waals surface area contributed by atoms with E-state index in [2.05, 4.69) is 69.0 Å². The second-order valence-electron chi connectivity index (χ2n) is 7.53. The molecule has 0 saturated heterocycles. The molecule has 3 rings (SSSR count). The van der Waals surface area contributed by atoms with Gasteiger partial charge in [-0.05, 0) is 81.9 Å². The molecule has 0 radical (unpaired) electrons. The van der Waals surface area contributed by atoms with Crippen LogP contribution >= 0.6 is 12.6 Å². The van der Waals surface area contributed by atoms with Gasteiger partial charge in [0.2, 0.25) is 0 Å². The average molecular weight is 413 g/mol. The summed E-state index contributed by atoms with van der Waals surface area (Å²) < 4.78 is 6.45. The van der Waals surface area contributed by atoms with Gasteiger partial charge < -0.3 is 4.74 Å². The summed E-state index contributed by atoms with van der Waals surface area (Å²) in [5, 5.41) is 0. The molecule has 2 aliphatic rings. The van der Waals surface area contributed by atoms with Gasteiger partial charge in [-0.3, -0.25) is 0 Å². The zero-order valence-electron chi connectivity index (χ0n) is 19.1. The van der Waals surface area contributed by atoms with Crippen LogP contribution in [0.4, 0.5) is 0 Å². The Morgan fingerprint density at radius 2 is 1.55 bits per heavy atom. The third-order valence-corrected chi connectivity index (χ3v) is 5.40. The fraction of sp³-hybridized carbons (Fsp3) is 0.481. The van der Waals surface area contributed by atoms with Crippen molar-refractivity contribution in [3.8, 4) is 5.75 Å². The van der Waals surface area contributed by atoms with Gasteiger partial charge in [0.1, 0.15) is 11.5 Å². The number of hydrogen-bond acceptors (Lipinski definition) is 2. The summed E-state index contributed by atoms with van der Waals surface area (Å²) in [4.78, 5) is 0. The summed E-state index contributed by atoms with van der Waals surface area (Å²) in [5.74, 6) is 2.74. The van der Waals surface area contributed by atoms with E-state index in [1.807, 2.05) is 26.0 Å². The van der Waals surface area contributed by atoms with Crippen molar-refractivity contribution >= 4 is 12.6 Å². The first-order chi connectivity index (χ1) is 14.2. The Balaban J connectivity index is 0.000000627. The molecule has 0 bridgehead atoms. The van der Waals surface area contributed by atoms with Crippen LogP contribution in [0.2, 0.25) is 0 Å². The van der Waals surface area contributed by atoms with E-state index in [9.17, 15) is 0 Å². The minimum absolute atomic E-state index is 0.659. The van der Waals surface area contributed by atoms with Crippen molar-refractivity contribution in [2.75, 3.05) is 6.26 Å². The van der Waals surface area contributed by atoms with Crippen LogP contribution in [0.3, 0.4) is 0 Å². The Hall–Kier alpha value is -1.67. The largest absolute Gasteiger partial charge is 0.457 e. The zero-order valence-corrected chi connectivity index (χ0v) is 20.0. The predicted molar refractivity (Wildman–Crippen MR) is 133 cm³/mol. The Morgan fingerprint density at radius 3 is 2.14 bits per heavy atom. The first-order valence-corrected chi connectivity index (χ1v) is 11.9. The smallest absolute Gasteiger partial charge is 0.133 e. The Kier molecular flexibility index (Phi) is 13.3. The van der Waals surface area contributed by atoms with Crippen molar-refractivity contribution in [1.29, 1.82) is 0 Å². The molecule has 2 aliphatic carbocycles. The molecule has 1 aromatic rings. The van der Waals surface area contributed by atoms with E-state index < -0.39 is 0 Å². The Labute approximate surface area is 185 Å². The molecule has 160 valence electrons. The predicted octanol–water partition coefficient (Wildman–Crippen LogP) is 8.63. The lowest BCUT2D eigenvalue weighted by molar-refractivity contribution is 0.399. The lowest BCUT2D eigenvalue weighted by Crippen LogP contribution is -2.11. The highest BCUT2D eigenvalue weighted by Crippen LogP contribution is 2.36. The lowest BCUT2D eigenvalue weighted by atomic mass is 9.88. The molecule has 0 atom stereocenters. The number of benzene rings is 1. The number of ether oxygens (including phenoxy) is 1. The van der Waals surface area contributed by atoms with Gasteiger partial charge in [-0.1, -0.05) is 74.3 Å². The molecule has 1 nitrogen and oxygen atoms in total. The molecule has 0 N–H and O–H groups in total. The van der Waals surface area contributed by atoms with E-state index in [0.717, 1.165) is 17.9 Å². The molecule has 0 aromatic heterocycles. The van der Waals surface area contributed by atoms with Crippen molar-refractivity contribution in [3.05, 3.63) is 77.1 Å². The Morgan fingerprint density at radius 1 is 0.931 bits per heavy atom. The first-order valence-electron chi connectivity index (χ1n) is 11.0. The van der Waals surface area contributed by atoms with E-state index >= 15 is 0 Å². The average Bonchev–Trinajstić information content (AvgIpc) is 3.13. The van der Waals surface area contributed by atoms with Crippen LogP contribution in [0, 0.1) is 12.8 Å². The fourth-order valence-electron chi connectivity index (χ4n) is 3.70. The minimum Gasteiger partial charge on any atom is -0.457 e. The van der Waals surface area contributed by atoms with Crippen molar-refractivity contribution in [1.82, 2.24) is 0 Å². The van der Waals surface area contributed by atoms with Gasteiger partial charge in [0.25, 0.3) is 0 Å². The molecule has 0 heterocycles.